The van der Waals surface area contributed by atoms with Crippen LogP contribution in [0.15, 0.2) is 23.8 Å². The van der Waals surface area contributed by atoms with Crippen molar-refractivity contribution in [2.24, 2.45) is 5.92 Å². The molecule has 50 heavy (non-hydrogen) atoms. The van der Waals surface area contributed by atoms with Gasteiger partial charge in [-0.05, 0) is 104 Å². The number of unbranched alkanes of at least 4 members (excludes halogenated alkanes) is 11. The average molecular weight is 713 g/mol. The Hall–Kier alpha value is -1.00. The first kappa shape index (κ1) is 58.3. The van der Waals surface area contributed by atoms with Crippen LogP contribution in [0.5, 0.6) is 0 Å². The van der Waals surface area contributed by atoms with Crippen molar-refractivity contribution in [1.29, 1.82) is 0 Å². The van der Waals surface area contributed by atoms with Gasteiger partial charge in [0.05, 0.1) is 0 Å². The molecule has 0 radical (unpaired) electrons. The van der Waals surface area contributed by atoms with Crippen molar-refractivity contribution in [2.45, 2.75) is 250 Å². The lowest BCUT2D eigenvalue weighted by molar-refractivity contribution is -0.115. The first-order chi connectivity index (χ1) is 23.9. The summed E-state index contributed by atoms with van der Waals surface area (Å²) in [6, 6.07) is 1.82. The van der Waals surface area contributed by atoms with E-state index in [1.54, 1.807) is 5.57 Å². The molecular weight excluding hydrogens is 616 g/mol. The van der Waals surface area contributed by atoms with Crippen molar-refractivity contribution < 1.29 is 9.18 Å². The Morgan fingerprint density at radius 3 is 1.46 bits per heavy atom. The van der Waals surface area contributed by atoms with Gasteiger partial charge in [-0.1, -0.05) is 165 Å². The molecule has 0 aromatic carbocycles. The summed E-state index contributed by atoms with van der Waals surface area (Å²) in [7, 11) is 0. The molecular formula is C46H97FN2O. The van der Waals surface area contributed by atoms with Gasteiger partial charge in [-0.25, -0.2) is 4.39 Å². The smallest absolute Gasteiger partial charge is 0.160 e. The van der Waals surface area contributed by atoms with Gasteiger partial charge in [0.2, 0.25) is 0 Å². The molecule has 0 aliphatic carbocycles. The summed E-state index contributed by atoms with van der Waals surface area (Å²) in [5, 5.41) is 3.59. The number of carbonyl (C=O) groups excluding carboxylic acids is 1. The predicted molar refractivity (Wildman–Crippen MR) is 231 cm³/mol. The Labute approximate surface area is 317 Å². The maximum Gasteiger partial charge on any atom is 0.160 e. The minimum atomic E-state index is -1.64. The fourth-order valence-electron chi connectivity index (χ4n) is 5.93. The van der Waals surface area contributed by atoms with Crippen LogP contribution >= 0.6 is 0 Å². The molecule has 304 valence electrons. The summed E-state index contributed by atoms with van der Waals surface area (Å²) in [6.45, 7) is 35.4. The van der Waals surface area contributed by atoms with E-state index in [9.17, 15) is 9.18 Å². The fourth-order valence-corrected chi connectivity index (χ4v) is 5.93. The lowest BCUT2D eigenvalue weighted by Crippen LogP contribution is -2.34. The molecule has 1 N–H and O–H groups in total. The van der Waals surface area contributed by atoms with Crippen LogP contribution in [-0.2, 0) is 4.79 Å². The maximum absolute atomic E-state index is 11.8. The number of carbonyl (C=O) groups is 1. The average Bonchev–Trinajstić information content (AvgIpc) is 3.65. The molecule has 3 atom stereocenters. The van der Waals surface area contributed by atoms with Gasteiger partial charge in [-0.2, -0.15) is 0 Å². The predicted octanol–water partition coefficient (Wildman–Crippen LogP) is 15.3. The Bertz CT molecular complexity index is 676. The summed E-state index contributed by atoms with van der Waals surface area (Å²) in [6.07, 6.45) is 32.4. The topological polar surface area (TPSA) is 32.3 Å². The van der Waals surface area contributed by atoms with Crippen LogP contribution in [0, 0.1) is 5.92 Å². The van der Waals surface area contributed by atoms with Crippen LogP contribution in [0.2, 0.25) is 0 Å². The molecule has 1 heterocycles. The second-order valence-electron chi connectivity index (χ2n) is 14.1. The molecule has 0 bridgehead atoms. The van der Waals surface area contributed by atoms with E-state index in [-0.39, 0.29) is 6.29 Å². The van der Waals surface area contributed by atoms with Crippen molar-refractivity contribution >= 4 is 6.29 Å². The lowest BCUT2D eigenvalue weighted by atomic mass is 9.88. The molecule has 1 saturated heterocycles. The molecule has 0 saturated carbocycles. The summed E-state index contributed by atoms with van der Waals surface area (Å²) < 4.78 is 11.8. The van der Waals surface area contributed by atoms with E-state index in [4.69, 9.17) is 0 Å². The third-order valence-corrected chi connectivity index (χ3v) is 8.58. The maximum atomic E-state index is 11.8. The Kier molecular flexibility index (Phi) is 53.7. The van der Waals surface area contributed by atoms with Gasteiger partial charge in [0.1, 0.15) is 0 Å². The molecule has 1 aliphatic rings. The van der Waals surface area contributed by atoms with Crippen LogP contribution in [0.25, 0.3) is 0 Å². The van der Waals surface area contributed by atoms with Gasteiger partial charge in [0.15, 0.2) is 12.0 Å². The number of likely N-dealkylation sites (tertiary alicyclic amines) is 1. The Morgan fingerprint density at radius 1 is 0.720 bits per heavy atom. The van der Waals surface area contributed by atoms with Gasteiger partial charge in [-0.3, -0.25) is 4.79 Å². The van der Waals surface area contributed by atoms with Crippen molar-refractivity contribution in [2.75, 3.05) is 13.1 Å². The molecule has 1 fully saturated rings. The number of hydrogen-bond donors (Lipinski definition) is 1. The zero-order valence-corrected chi connectivity index (χ0v) is 37.5. The highest BCUT2D eigenvalue weighted by Crippen LogP contribution is 2.26. The fraction of sp³-hybridized carbons (Fsp3) is 0.891. The van der Waals surface area contributed by atoms with Crippen LogP contribution < -0.4 is 5.32 Å². The molecule has 0 spiro atoms. The SMILES string of the molecule is CC.CC.CC.CC(C)(F)C=O.CCC(CC(CC)N1CCCC1)C(C)=CC(C)NC(C)C.CCCCCCC/C=C\CCCCCCCC. The number of halogens is 1. The molecule has 3 unspecified atom stereocenters. The number of alkyl halides is 1. The van der Waals surface area contributed by atoms with E-state index in [1.165, 1.54) is 143 Å². The number of nitrogens with zero attached hydrogens (tertiary/aromatic N) is 1. The van der Waals surface area contributed by atoms with E-state index >= 15 is 0 Å². The molecule has 3 nitrogen and oxygen atoms in total. The number of nitrogens with one attached hydrogen (secondary N) is 1. The molecule has 0 amide bonds. The van der Waals surface area contributed by atoms with Crippen LogP contribution in [0.1, 0.15) is 226 Å². The van der Waals surface area contributed by atoms with E-state index < -0.39 is 5.67 Å². The largest absolute Gasteiger partial charge is 0.309 e. The number of rotatable bonds is 23. The molecule has 1 rings (SSSR count). The highest BCUT2D eigenvalue weighted by atomic mass is 19.1. The number of aldehydes is 1. The summed E-state index contributed by atoms with van der Waals surface area (Å²) in [5.74, 6) is 0.743. The van der Waals surface area contributed by atoms with E-state index in [1.807, 2.05) is 41.5 Å². The lowest BCUT2D eigenvalue weighted by Gasteiger charge is -2.30. The van der Waals surface area contributed by atoms with Crippen LogP contribution in [-0.4, -0.2) is 48.1 Å². The van der Waals surface area contributed by atoms with Gasteiger partial charge >= 0.3 is 0 Å². The standard InChI is InChI=1S/C19H38N2.C17H34.C4H7FO.3C2H6/c1-7-18(16(5)13-17(6)20-15(3)4)14-19(8-2)21-11-9-10-12-21;1-3-5-7-9-11-13-15-17-16-14-12-10-8-6-4-2;1-4(2,5)3-6;3*1-2/h13,15,17-20H,7-12,14H2,1-6H3;15,17H,3-14,16H2,1-2H3;3H,1-2H3;3*1-2H3/b;17-15-;;;;. The highest BCUT2D eigenvalue weighted by Gasteiger charge is 2.23. The summed E-state index contributed by atoms with van der Waals surface area (Å²) in [5.41, 5.74) is -0.0594. The highest BCUT2D eigenvalue weighted by molar-refractivity contribution is 5.60. The summed E-state index contributed by atoms with van der Waals surface area (Å²) in [4.78, 5) is 12.2. The van der Waals surface area contributed by atoms with E-state index in [2.05, 4.69) is 83.8 Å². The Balaban J connectivity index is -0.000000208. The first-order valence-electron chi connectivity index (χ1n) is 21.9. The second kappa shape index (κ2) is 46.0. The number of hydrogen-bond acceptors (Lipinski definition) is 3. The van der Waals surface area contributed by atoms with Crippen molar-refractivity contribution in [3.63, 3.8) is 0 Å². The van der Waals surface area contributed by atoms with Gasteiger partial charge in [-0.15, -0.1) is 0 Å². The monoisotopic (exact) mass is 713 g/mol. The zero-order chi connectivity index (χ0) is 39.6. The van der Waals surface area contributed by atoms with Crippen molar-refractivity contribution in [3.8, 4) is 0 Å². The minimum Gasteiger partial charge on any atom is -0.309 e. The van der Waals surface area contributed by atoms with E-state index in [0.29, 0.717) is 12.1 Å². The second-order valence-corrected chi connectivity index (χ2v) is 14.1. The quantitative estimate of drug-likeness (QED) is 0.0650. The van der Waals surface area contributed by atoms with Crippen molar-refractivity contribution in [1.82, 2.24) is 10.2 Å². The minimum absolute atomic E-state index is 0.271. The molecule has 1 aliphatic heterocycles. The van der Waals surface area contributed by atoms with Gasteiger partial charge in [0, 0.05) is 18.1 Å². The van der Waals surface area contributed by atoms with Crippen LogP contribution in [0.4, 0.5) is 4.39 Å². The Morgan fingerprint density at radius 2 is 1.12 bits per heavy atom. The van der Waals surface area contributed by atoms with E-state index in [0.717, 1.165) is 12.0 Å². The zero-order valence-electron chi connectivity index (χ0n) is 37.5. The van der Waals surface area contributed by atoms with Gasteiger partial charge < -0.3 is 10.2 Å². The summed E-state index contributed by atoms with van der Waals surface area (Å²) >= 11 is 0. The van der Waals surface area contributed by atoms with Gasteiger partial charge in [0.25, 0.3) is 0 Å². The molecule has 4 heteroatoms. The van der Waals surface area contributed by atoms with Crippen LogP contribution in [0.3, 0.4) is 0 Å². The molecule has 0 aromatic rings. The van der Waals surface area contributed by atoms with Crippen molar-refractivity contribution in [3.05, 3.63) is 23.8 Å². The third-order valence-electron chi connectivity index (χ3n) is 8.58. The molecule has 0 aromatic heterocycles. The third kappa shape index (κ3) is 45.0. The number of allylic oxidation sites excluding steroid dienone is 3. The first-order valence-corrected chi connectivity index (χ1v) is 21.9. The normalized spacial score (nSPS) is 14.7.